The highest BCUT2D eigenvalue weighted by Crippen LogP contribution is 2.31. The van der Waals surface area contributed by atoms with Crippen molar-refractivity contribution in [1.29, 1.82) is 0 Å². The van der Waals surface area contributed by atoms with E-state index in [9.17, 15) is 14.7 Å². The number of aryl methyl sites for hydroxylation is 1. The van der Waals surface area contributed by atoms with Gasteiger partial charge in [0.2, 0.25) is 0 Å². The molecular weight excluding hydrogens is 424 g/mol. The molecule has 0 bridgehead atoms. The Hall–Kier alpha value is -4.30. The number of hydrogen-bond donors (Lipinski definition) is 2. The number of carboxylic acid groups (broad SMARTS) is 1. The first-order valence-electron chi connectivity index (χ1n) is 11.1. The number of nitrogens with one attached hydrogen (secondary N) is 1. The molecule has 1 atom stereocenters. The molecule has 0 aliphatic carbocycles. The monoisotopic (exact) mass is 450 g/mol. The van der Waals surface area contributed by atoms with Crippen molar-refractivity contribution in [1.82, 2.24) is 4.57 Å². The summed E-state index contributed by atoms with van der Waals surface area (Å²) < 4.78 is 1.67. The van der Waals surface area contributed by atoms with E-state index in [0.29, 0.717) is 11.1 Å². The molecule has 34 heavy (non-hydrogen) atoms. The molecule has 1 unspecified atom stereocenters. The van der Waals surface area contributed by atoms with Gasteiger partial charge < -0.3 is 15.0 Å². The molecule has 0 amide bonds. The zero-order valence-corrected chi connectivity index (χ0v) is 19.6. The van der Waals surface area contributed by atoms with Gasteiger partial charge in [-0.05, 0) is 79.2 Å². The van der Waals surface area contributed by atoms with Crippen molar-refractivity contribution in [3.63, 3.8) is 0 Å². The third kappa shape index (κ3) is 4.31. The summed E-state index contributed by atoms with van der Waals surface area (Å²) in [4.78, 5) is 25.0. The summed E-state index contributed by atoms with van der Waals surface area (Å²) in [7, 11) is 1.78. The molecule has 4 aromatic rings. The number of nitrogens with zero attached hydrogens (tertiary/aromatic N) is 1. The van der Waals surface area contributed by atoms with Crippen molar-refractivity contribution in [2.24, 2.45) is 7.05 Å². The van der Waals surface area contributed by atoms with E-state index in [1.165, 1.54) is 0 Å². The predicted octanol–water partition coefficient (Wildman–Crippen LogP) is 5.76. The Balaban J connectivity index is 1.86. The van der Waals surface area contributed by atoms with Crippen LogP contribution in [0.25, 0.3) is 22.0 Å². The van der Waals surface area contributed by atoms with Crippen LogP contribution in [0.15, 0.2) is 71.5 Å². The zero-order valence-electron chi connectivity index (χ0n) is 19.6. The molecule has 2 N–H and O–H groups in total. The number of aromatic carboxylic acids is 1. The van der Waals surface area contributed by atoms with Crippen LogP contribution < -0.4 is 10.9 Å². The molecule has 0 radical (unpaired) electrons. The number of rotatable bonds is 5. The number of hydrogen-bond acceptors (Lipinski definition) is 3. The Morgan fingerprint density at radius 1 is 1.03 bits per heavy atom. The second-order valence-corrected chi connectivity index (χ2v) is 8.38. The van der Waals surface area contributed by atoms with Crippen molar-refractivity contribution in [2.45, 2.75) is 26.8 Å². The molecule has 1 heterocycles. The minimum atomic E-state index is -0.989. The molecule has 0 saturated heterocycles. The van der Waals surface area contributed by atoms with Crippen LogP contribution in [0.2, 0.25) is 0 Å². The Morgan fingerprint density at radius 3 is 2.41 bits per heavy atom. The highest BCUT2D eigenvalue weighted by atomic mass is 16.4. The van der Waals surface area contributed by atoms with Crippen LogP contribution >= 0.6 is 0 Å². The van der Waals surface area contributed by atoms with Gasteiger partial charge in [0, 0.05) is 29.7 Å². The van der Waals surface area contributed by atoms with Crippen LogP contribution in [0.1, 0.15) is 46.9 Å². The van der Waals surface area contributed by atoms with Crippen LogP contribution in [0, 0.1) is 18.8 Å². The molecule has 5 heteroatoms. The maximum atomic E-state index is 13.4. The molecule has 1 aromatic heterocycles. The Bertz CT molecular complexity index is 1520. The highest BCUT2D eigenvalue weighted by Gasteiger charge is 2.18. The molecule has 4 rings (SSSR count). The first-order valence-corrected chi connectivity index (χ1v) is 11.1. The average molecular weight is 451 g/mol. The zero-order chi connectivity index (χ0) is 24.4. The highest BCUT2D eigenvalue weighted by molar-refractivity contribution is 5.94. The van der Waals surface area contributed by atoms with E-state index in [1.807, 2.05) is 56.3 Å². The van der Waals surface area contributed by atoms with Crippen molar-refractivity contribution in [2.75, 3.05) is 5.32 Å². The molecule has 0 fully saturated rings. The van der Waals surface area contributed by atoms with Gasteiger partial charge in [-0.1, -0.05) is 36.3 Å². The fourth-order valence-electron chi connectivity index (χ4n) is 4.30. The Morgan fingerprint density at radius 2 is 1.74 bits per heavy atom. The lowest BCUT2D eigenvalue weighted by atomic mass is 9.95. The van der Waals surface area contributed by atoms with Gasteiger partial charge in [-0.15, -0.1) is 5.92 Å². The van der Waals surface area contributed by atoms with E-state index in [2.05, 4.69) is 17.2 Å². The van der Waals surface area contributed by atoms with Crippen molar-refractivity contribution in [3.8, 4) is 23.1 Å². The molecule has 0 aliphatic heterocycles. The lowest BCUT2D eigenvalue weighted by Gasteiger charge is -2.21. The van der Waals surface area contributed by atoms with Gasteiger partial charge in [0.05, 0.1) is 11.3 Å². The van der Waals surface area contributed by atoms with Gasteiger partial charge in [-0.2, -0.15) is 0 Å². The molecule has 0 saturated carbocycles. The number of aromatic nitrogens is 1. The van der Waals surface area contributed by atoms with E-state index in [1.54, 1.807) is 42.8 Å². The van der Waals surface area contributed by atoms with Crippen LogP contribution in [0.4, 0.5) is 5.69 Å². The van der Waals surface area contributed by atoms with Crippen molar-refractivity contribution >= 4 is 22.4 Å². The molecular formula is C29H26N2O3. The van der Waals surface area contributed by atoms with Crippen molar-refractivity contribution in [3.05, 3.63) is 99.3 Å². The third-order valence-electron chi connectivity index (χ3n) is 5.98. The largest absolute Gasteiger partial charge is 0.478 e. The fraction of sp³-hybridized carbons (Fsp3) is 0.172. The van der Waals surface area contributed by atoms with E-state index in [-0.39, 0.29) is 17.2 Å². The van der Waals surface area contributed by atoms with Crippen LogP contribution in [0.5, 0.6) is 0 Å². The second kappa shape index (κ2) is 9.29. The number of para-hydroxylation sites is 1. The van der Waals surface area contributed by atoms with Gasteiger partial charge in [-0.3, -0.25) is 4.79 Å². The maximum absolute atomic E-state index is 13.4. The number of carbonyl (C=O) groups is 1. The summed E-state index contributed by atoms with van der Waals surface area (Å²) in [5.41, 5.74) is 5.21. The SMILES string of the molecule is CC#Cc1ccc(-c2cc3c(C(C)Nc4ccccc4C(=O)O)cc(C)cc3c(=O)n2C)cc1. The van der Waals surface area contributed by atoms with E-state index < -0.39 is 5.97 Å². The van der Waals surface area contributed by atoms with Gasteiger partial charge in [-0.25, -0.2) is 4.79 Å². The summed E-state index contributed by atoms with van der Waals surface area (Å²) in [6.45, 7) is 5.73. The van der Waals surface area contributed by atoms with Crippen LogP contribution in [0.3, 0.4) is 0 Å². The topological polar surface area (TPSA) is 71.3 Å². The normalized spacial score (nSPS) is 11.5. The standard InChI is InChI=1S/C29H26N2O3/c1-5-8-20-11-13-21(14-12-20)27-17-24-23(15-18(2)16-25(24)28(32)31(27)4)19(3)30-26-10-7-6-9-22(26)29(33)34/h6-7,9-17,19,30H,1-4H3,(H,33,34). The number of pyridine rings is 1. The van der Waals surface area contributed by atoms with E-state index in [0.717, 1.165) is 33.3 Å². The summed E-state index contributed by atoms with van der Waals surface area (Å²) in [6, 6.07) is 20.4. The number of fused-ring (bicyclic) bond motifs is 1. The maximum Gasteiger partial charge on any atom is 0.337 e. The van der Waals surface area contributed by atoms with Gasteiger partial charge in [0.15, 0.2) is 0 Å². The molecule has 3 aromatic carbocycles. The van der Waals surface area contributed by atoms with Gasteiger partial charge in [0.1, 0.15) is 0 Å². The van der Waals surface area contributed by atoms with E-state index >= 15 is 0 Å². The lowest BCUT2D eigenvalue weighted by molar-refractivity contribution is 0.0698. The minimum absolute atomic E-state index is 0.0759. The number of anilines is 1. The summed E-state index contributed by atoms with van der Waals surface area (Å²) in [5.74, 6) is 4.95. The second-order valence-electron chi connectivity index (χ2n) is 8.38. The van der Waals surface area contributed by atoms with Crippen molar-refractivity contribution < 1.29 is 9.90 Å². The number of carboxylic acids is 1. The van der Waals surface area contributed by atoms with Crippen LogP contribution in [-0.4, -0.2) is 15.6 Å². The number of benzene rings is 3. The first-order chi connectivity index (χ1) is 16.3. The van der Waals surface area contributed by atoms with Crippen LogP contribution in [-0.2, 0) is 7.05 Å². The Labute approximate surface area is 198 Å². The summed E-state index contributed by atoms with van der Waals surface area (Å²) >= 11 is 0. The van der Waals surface area contributed by atoms with Gasteiger partial charge in [0.25, 0.3) is 5.56 Å². The Kier molecular flexibility index (Phi) is 6.25. The summed E-state index contributed by atoms with van der Waals surface area (Å²) in [5, 5.41) is 14.4. The quantitative estimate of drug-likeness (QED) is 0.380. The minimum Gasteiger partial charge on any atom is -0.478 e. The molecule has 0 spiro atoms. The molecule has 0 aliphatic rings. The molecule has 5 nitrogen and oxygen atoms in total. The molecule has 170 valence electrons. The predicted molar refractivity (Wildman–Crippen MR) is 137 cm³/mol. The third-order valence-corrected chi connectivity index (χ3v) is 5.98. The van der Waals surface area contributed by atoms with E-state index in [4.69, 9.17) is 0 Å². The first kappa shape index (κ1) is 22.9. The average Bonchev–Trinajstić information content (AvgIpc) is 2.82. The summed E-state index contributed by atoms with van der Waals surface area (Å²) in [6.07, 6.45) is 0. The van der Waals surface area contributed by atoms with Gasteiger partial charge >= 0.3 is 5.97 Å². The fourth-order valence-corrected chi connectivity index (χ4v) is 4.30. The smallest absolute Gasteiger partial charge is 0.337 e. The lowest BCUT2D eigenvalue weighted by Crippen LogP contribution is -2.20.